The molecule has 0 fully saturated rings. The molecule has 17 heavy (non-hydrogen) atoms. The lowest BCUT2D eigenvalue weighted by molar-refractivity contribution is 0.112. The highest BCUT2D eigenvalue weighted by molar-refractivity contribution is 5.76. The molecule has 2 aromatic rings. The lowest BCUT2D eigenvalue weighted by Gasteiger charge is -2.00. The monoisotopic (exact) mass is 228 g/mol. The Morgan fingerprint density at radius 1 is 0.824 bits per heavy atom. The molecular weight excluding hydrogens is 212 g/mol. The van der Waals surface area contributed by atoms with Crippen molar-refractivity contribution in [2.75, 3.05) is 14.2 Å². The third-order valence-electron chi connectivity index (χ3n) is 2.15. The van der Waals surface area contributed by atoms with E-state index in [1.165, 1.54) is 5.56 Å². The van der Waals surface area contributed by atoms with Crippen molar-refractivity contribution in [2.24, 2.45) is 0 Å². The largest absolute Gasteiger partial charge is 0.388 e. The van der Waals surface area contributed by atoms with E-state index in [1.807, 2.05) is 42.5 Å². The van der Waals surface area contributed by atoms with E-state index in [0.717, 1.165) is 11.8 Å². The van der Waals surface area contributed by atoms with Gasteiger partial charge >= 0.3 is 0 Å². The molecule has 0 saturated heterocycles. The summed E-state index contributed by atoms with van der Waals surface area (Å²) in [6.07, 6.45) is 0.856. The third kappa shape index (κ3) is 4.21. The molecule has 0 saturated carbocycles. The van der Waals surface area contributed by atoms with Gasteiger partial charge in [-0.3, -0.25) is 4.79 Å². The van der Waals surface area contributed by atoms with E-state index in [9.17, 15) is 4.79 Å². The van der Waals surface area contributed by atoms with E-state index in [1.54, 1.807) is 14.2 Å². The van der Waals surface area contributed by atoms with Crippen molar-refractivity contribution in [1.82, 2.24) is 0 Å². The van der Waals surface area contributed by atoms with Crippen LogP contribution in [0.5, 0.6) is 0 Å². The average molecular weight is 228 g/mol. The minimum Gasteiger partial charge on any atom is -0.388 e. The summed E-state index contributed by atoms with van der Waals surface area (Å²) in [6.45, 7) is 0. The molecule has 0 spiro atoms. The Hall–Kier alpha value is -1.93. The van der Waals surface area contributed by atoms with Crippen molar-refractivity contribution in [1.29, 1.82) is 0 Å². The van der Waals surface area contributed by atoms with Gasteiger partial charge in [-0.25, -0.2) is 0 Å². The van der Waals surface area contributed by atoms with Crippen LogP contribution < -0.4 is 0 Å². The van der Waals surface area contributed by atoms with Crippen molar-refractivity contribution in [3.05, 3.63) is 60.2 Å². The number of ether oxygens (including phenoxy) is 1. The second-order valence-electron chi connectivity index (χ2n) is 3.51. The molecule has 2 heteroatoms. The highest BCUT2D eigenvalue weighted by Gasteiger charge is 1.95. The van der Waals surface area contributed by atoms with Crippen molar-refractivity contribution < 1.29 is 9.53 Å². The predicted octanol–water partition coefficient (Wildman–Crippen LogP) is 3.43. The van der Waals surface area contributed by atoms with Crippen LogP contribution in [0.1, 0.15) is 10.4 Å². The summed E-state index contributed by atoms with van der Waals surface area (Å²) in [5.74, 6) is 0. The Bertz CT molecular complexity index is 432. The fourth-order valence-corrected chi connectivity index (χ4v) is 1.38. The van der Waals surface area contributed by atoms with Gasteiger partial charge in [-0.1, -0.05) is 54.6 Å². The summed E-state index contributed by atoms with van der Waals surface area (Å²) >= 11 is 0. The quantitative estimate of drug-likeness (QED) is 0.736. The summed E-state index contributed by atoms with van der Waals surface area (Å²) in [5.41, 5.74) is 3.02. The minimum absolute atomic E-state index is 0.713. The Labute approximate surface area is 102 Å². The highest BCUT2D eigenvalue weighted by atomic mass is 16.4. The lowest BCUT2D eigenvalue weighted by Crippen LogP contribution is -1.80. The van der Waals surface area contributed by atoms with Gasteiger partial charge in [0.1, 0.15) is 6.29 Å². The maximum atomic E-state index is 10.5. The molecule has 2 aromatic carbocycles. The number of aldehydes is 1. The van der Waals surface area contributed by atoms with Crippen molar-refractivity contribution in [3.63, 3.8) is 0 Å². The molecule has 88 valence electrons. The maximum Gasteiger partial charge on any atom is 0.150 e. The van der Waals surface area contributed by atoms with Crippen LogP contribution in [0, 0.1) is 0 Å². The molecule has 0 radical (unpaired) electrons. The molecule has 0 aliphatic heterocycles. The van der Waals surface area contributed by atoms with E-state index in [2.05, 4.69) is 16.9 Å². The molecule has 0 aliphatic rings. The summed E-state index contributed by atoms with van der Waals surface area (Å²) in [6, 6.07) is 17.7. The van der Waals surface area contributed by atoms with Gasteiger partial charge in [-0.15, -0.1) is 0 Å². The van der Waals surface area contributed by atoms with Gasteiger partial charge in [0, 0.05) is 19.8 Å². The number of hydrogen-bond donors (Lipinski definition) is 0. The molecule has 0 N–H and O–H groups in total. The molecule has 0 unspecified atom stereocenters. The first-order valence-electron chi connectivity index (χ1n) is 5.32. The first kappa shape index (κ1) is 13.1. The normalized spacial score (nSPS) is 9.06. The number of methoxy groups -OCH3 is 1. The Balaban J connectivity index is 0.000000437. The highest BCUT2D eigenvalue weighted by Crippen LogP contribution is 2.18. The molecule has 0 amide bonds. The van der Waals surface area contributed by atoms with Crippen LogP contribution in [0.2, 0.25) is 0 Å². The molecule has 2 rings (SSSR count). The standard InChI is InChI=1S/C13H10O.C2H6O/c14-10-11-6-8-13(9-7-11)12-4-2-1-3-5-12;1-3-2/h1-10H;1-2H3. The Morgan fingerprint density at radius 2 is 1.29 bits per heavy atom. The zero-order valence-electron chi connectivity index (χ0n) is 10.1. The molecule has 0 heterocycles. The molecule has 0 aliphatic carbocycles. The number of hydrogen-bond acceptors (Lipinski definition) is 2. The SMILES string of the molecule is COC.O=Cc1ccc(-c2ccccc2)cc1. The van der Waals surface area contributed by atoms with Gasteiger partial charge in [0.15, 0.2) is 0 Å². The van der Waals surface area contributed by atoms with Crippen molar-refractivity contribution >= 4 is 6.29 Å². The van der Waals surface area contributed by atoms with Gasteiger partial charge in [-0.2, -0.15) is 0 Å². The number of carbonyl (C=O) groups is 1. The van der Waals surface area contributed by atoms with Gasteiger partial charge in [0.2, 0.25) is 0 Å². The zero-order chi connectivity index (χ0) is 12.5. The summed E-state index contributed by atoms with van der Waals surface area (Å²) in [5, 5.41) is 0. The van der Waals surface area contributed by atoms with Crippen LogP contribution in [0.4, 0.5) is 0 Å². The first-order chi connectivity index (χ1) is 8.31. The molecular formula is C15H16O2. The fourth-order valence-electron chi connectivity index (χ4n) is 1.38. The zero-order valence-corrected chi connectivity index (χ0v) is 10.1. The second kappa shape index (κ2) is 7.36. The van der Waals surface area contributed by atoms with E-state index >= 15 is 0 Å². The van der Waals surface area contributed by atoms with Gasteiger partial charge < -0.3 is 4.74 Å². The second-order valence-corrected chi connectivity index (χ2v) is 3.51. The van der Waals surface area contributed by atoms with Gasteiger partial charge in [-0.05, 0) is 11.1 Å². The van der Waals surface area contributed by atoms with Crippen molar-refractivity contribution in [3.8, 4) is 11.1 Å². The first-order valence-corrected chi connectivity index (χ1v) is 5.32. The van der Waals surface area contributed by atoms with Crippen LogP contribution in [-0.4, -0.2) is 20.5 Å². The maximum absolute atomic E-state index is 10.5. The molecule has 0 aromatic heterocycles. The minimum atomic E-state index is 0.713. The smallest absolute Gasteiger partial charge is 0.150 e. The Morgan fingerprint density at radius 3 is 1.76 bits per heavy atom. The van der Waals surface area contributed by atoms with E-state index in [-0.39, 0.29) is 0 Å². The molecule has 2 nitrogen and oxygen atoms in total. The van der Waals surface area contributed by atoms with Crippen LogP contribution in [-0.2, 0) is 4.74 Å². The number of benzene rings is 2. The van der Waals surface area contributed by atoms with Crippen molar-refractivity contribution in [2.45, 2.75) is 0 Å². The van der Waals surface area contributed by atoms with Crippen LogP contribution in [0.3, 0.4) is 0 Å². The van der Waals surface area contributed by atoms with Gasteiger partial charge in [0.25, 0.3) is 0 Å². The van der Waals surface area contributed by atoms with E-state index < -0.39 is 0 Å². The van der Waals surface area contributed by atoms with E-state index in [4.69, 9.17) is 0 Å². The summed E-state index contributed by atoms with van der Waals surface area (Å²) < 4.78 is 4.25. The third-order valence-corrected chi connectivity index (χ3v) is 2.15. The topological polar surface area (TPSA) is 26.3 Å². The molecule has 0 bridgehead atoms. The van der Waals surface area contributed by atoms with Crippen LogP contribution in [0.25, 0.3) is 11.1 Å². The van der Waals surface area contributed by atoms with E-state index in [0.29, 0.717) is 5.56 Å². The molecule has 0 atom stereocenters. The summed E-state index contributed by atoms with van der Waals surface area (Å²) in [7, 11) is 3.25. The number of carbonyl (C=O) groups excluding carboxylic acids is 1. The fraction of sp³-hybridized carbons (Fsp3) is 0.133. The number of rotatable bonds is 2. The van der Waals surface area contributed by atoms with Crippen LogP contribution >= 0.6 is 0 Å². The Kier molecular flexibility index (Phi) is 5.69. The lowest BCUT2D eigenvalue weighted by atomic mass is 10.0. The van der Waals surface area contributed by atoms with Gasteiger partial charge in [0.05, 0.1) is 0 Å². The average Bonchev–Trinajstić information content (AvgIpc) is 2.41. The predicted molar refractivity (Wildman–Crippen MR) is 70.2 cm³/mol. The van der Waals surface area contributed by atoms with Crippen LogP contribution in [0.15, 0.2) is 54.6 Å². The summed E-state index contributed by atoms with van der Waals surface area (Å²) in [4.78, 5) is 10.5.